The predicted molar refractivity (Wildman–Crippen MR) is 74.4 cm³/mol. The lowest BCUT2D eigenvalue weighted by Gasteiger charge is -2.31. The van der Waals surface area contributed by atoms with E-state index in [9.17, 15) is 14.9 Å². The standard InChI is InChI=1S/C15H18N2O3/c1-16(14-9-10-2-3-12(14)8-10)15(18)11-4-6-13(7-5-11)17(19)20/h4-7,10,12,14H,2-3,8-9H2,1H3/t10-,12+,14?/m1/s1. The van der Waals surface area contributed by atoms with Crippen molar-refractivity contribution in [2.24, 2.45) is 11.8 Å². The molecule has 2 bridgehead atoms. The first-order chi connectivity index (χ1) is 9.56. The second-order valence-corrected chi connectivity index (χ2v) is 5.96. The molecule has 106 valence electrons. The average Bonchev–Trinajstić information content (AvgIpc) is 3.08. The van der Waals surface area contributed by atoms with Gasteiger partial charge in [0.25, 0.3) is 11.6 Å². The summed E-state index contributed by atoms with van der Waals surface area (Å²) in [6.45, 7) is 0. The molecule has 20 heavy (non-hydrogen) atoms. The van der Waals surface area contributed by atoms with Crippen LogP contribution >= 0.6 is 0 Å². The number of benzene rings is 1. The van der Waals surface area contributed by atoms with Crippen LogP contribution in [-0.4, -0.2) is 28.8 Å². The molecule has 0 N–H and O–H groups in total. The zero-order valence-corrected chi connectivity index (χ0v) is 11.5. The molecule has 0 spiro atoms. The van der Waals surface area contributed by atoms with E-state index in [2.05, 4.69) is 0 Å². The van der Waals surface area contributed by atoms with E-state index in [-0.39, 0.29) is 11.6 Å². The average molecular weight is 274 g/mol. The van der Waals surface area contributed by atoms with Gasteiger partial charge in [-0.05, 0) is 43.2 Å². The highest BCUT2D eigenvalue weighted by Gasteiger charge is 2.42. The van der Waals surface area contributed by atoms with Crippen LogP contribution in [-0.2, 0) is 0 Å². The van der Waals surface area contributed by atoms with Gasteiger partial charge in [0.05, 0.1) is 4.92 Å². The van der Waals surface area contributed by atoms with E-state index in [0.717, 1.165) is 12.3 Å². The van der Waals surface area contributed by atoms with E-state index in [1.165, 1.54) is 31.4 Å². The maximum atomic E-state index is 12.4. The van der Waals surface area contributed by atoms with Crippen LogP contribution in [0.25, 0.3) is 0 Å². The Morgan fingerprint density at radius 3 is 2.45 bits per heavy atom. The Labute approximate surface area is 117 Å². The molecule has 0 radical (unpaired) electrons. The quantitative estimate of drug-likeness (QED) is 0.629. The molecule has 2 saturated carbocycles. The van der Waals surface area contributed by atoms with Gasteiger partial charge >= 0.3 is 0 Å². The first-order valence-corrected chi connectivity index (χ1v) is 7.08. The van der Waals surface area contributed by atoms with Gasteiger partial charge in [0.1, 0.15) is 0 Å². The fourth-order valence-corrected chi connectivity index (χ4v) is 3.77. The van der Waals surface area contributed by atoms with Crippen LogP contribution in [0.15, 0.2) is 24.3 Å². The lowest BCUT2D eigenvalue weighted by molar-refractivity contribution is -0.384. The number of carbonyl (C=O) groups is 1. The van der Waals surface area contributed by atoms with Crippen LogP contribution in [0.2, 0.25) is 0 Å². The van der Waals surface area contributed by atoms with Crippen LogP contribution < -0.4 is 0 Å². The summed E-state index contributed by atoms with van der Waals surface area (Å²) in [7, 11) is 1.86. The molecule has 1 aromatic carbocycles. The first kappa shape index (κ1) is 13.1. The van der Waals surface area contributed by atoms with E-state index in [4.69, 9.17) is 0 Å². The Balaban J connectivity index is 1.73. The number of nitro benzene ring substituents is 1. The molecular formula is C15H18N2O3. The van der Waals surface area contributed by atoms with Gasteiger partial charge < -0.3 is 4.90 Å². The Hall–Kier alpha value is -1.91. The van der Waals surface area contributed by atoms with Gasteiger partial charge in [-0.1, -0.05) is 6.42 Å². The van der Waals surface area contributed by atoms with Gasteiger partial charge in [0.2, 0.25) is 0 Å². The van der Waals surface area contributed by atoms with E-state index in [1.807, 2.05) is 11.9 Å². The van der Waals surface area contributed by atoms with Crippen molar-refractivity contribution < 1.29 is 9.72 Å². The summed E-state index contributed by atoms with van der Waals surface area (Å²) in [6.07, 6.45) is 4.90. The molecule has 5 nitrogen and oxygen atoms in total. The third kappa shape index (κ3) is 2.17. The monoisotopic (exact) mass is 274 g/mol. The fraction of sp³-hybridized carbons (Fsp3) is 0.533. The minimum absolute atomic E-state index is 0.0177. The molecular weight excluding hydrogens is 256 g/mol. The highest BCUT2D eigenvalue weighted by molar-refractivity contribution is 5.94. The van der Waals surface area contributed by atoms with Gasteiger partial charge in [0, 0.05) is 30.8 Å². The van der Waals surface area contributed by atoms with Gasteiger partial charge in [-0.15, -0.1) is 0 Å². The maximum Gasteiger partial charge on any atom is 0.269 e. The zero-order valence-electron chi connectivity index (χ0n) is 11.5. The van der Waals surface area contributed by atoms with Gasteiger partial charge in [0.15, 0.2) is 0 Å². The number of fused-ring (bicyclic) bond motifs is 2. The number of rotatable bonds is 3. The van der Waals surface area contributed by atoms with Crippen LogP contribution in [0, 0.1) is 22.0 Å². The number of nitro groups is 1. The minimum atomic E-state index is -0.450. The summed E-state index contributed by atoms with van der Waals surface area (Å²) in [5.41, 5.74) is 0.546. The summed E-state index contributed by atoms with van der Waals surface area (Å²) in [5.74, 6) is 1.40. The van der Waals surface area contributed by atoms with Crippen molar-refractivity contribution in [1.29, 1.82) is 0 Å². The molecule has 1 unspecified atom stereocenters. The number of hydrogen-bond acceptors (Lipinski definition) is 3. The van der Waals surface area contributed by atoms with Crippen LogP contribution in [0.5, 0.6) is 0 Å². The second-order valence-electron chi connectivity index (χ2n) is 5.96. The molecule has 0 saturated heterocycles. The van der Waals surface area contributed by atoms with E-state index in [0.29, 0.717) is 17.5 Å². The first-order valence-electron chi connectivity index (χ1n) is 7.08. The number of amides is 1. The molecule has 5 heteroatoms. The normalized spacial score (nSPS) is 27.6. The lowest BCUT2D eigenvalue weighted by Crippen LogP contribution is -2.40. The van der Waals surface area contributed by atoms with Gasteiger partial charge in [-0.25, -0.2) is 0 Å². The van der Waals surface area contributed by atoms with Gasteiger partial charge in [-0.2, -0.15) is 0 Å². The lowest BCUT2D eigenvalue weighted by atomic mass is 9.94. The Morgan fingerprint density at radius 2 is 1.95 bits per heavy atom. The third-order valence-electron chi connectivity index (χ3n) is 4.84. The third-order valence-corrected chi connectivity index (χ3v) is 4.84. The van der Waals surface area contributed by atoms with E-state index >= 15 is 0 Å². The summed E-state index contributed by atoms with van der Waals surface area (Å²) in [5, 5.41) is 10.6. The molecule has 1 aromatic rings. The van der Waals surface area contributed by atoms with Crippen LogP contribution in [0.4, 0.5) is 5.69 Å². The van der Waals surface area contributed by atoms with Crippen LogP contribution in [0.3, 0.4) is 0 Å². The molecule has 3 rings (SSSR count). The number of carbonyl (C=O) groups excluding carboxylic acids is 1. The Bertz CT molecular complexity index is 541. The van der Waals surface area contributed by atoms with Crippen molar-refractivity contribution >= 4 is 11.6 Å². The van der Waals surface area contributed by atoms with Crippen molar-refractivity contribution in [3.63, 3.8) is 0 Å². The molecule has 2 fully saturated rings. The predicted octanol–water partition coefficient (Wildman–Crippen LogP) is 2.86. The topological polar surface area (TPSA) is 63.5 Å². The minimum Gasteiger partial charge on any atom is -0.338 e. The summed E-state index contributed by atoms with van der Waals surface area (Å²) < 4.78 is 0. The molecule has 0 aliphatic heterocycles. The number of nitrogens with zero attached hydrogens (tertiary/aromatic N) is 2. The molecule has 2 aliphatic rings. The van der Waals surface area contributed by atoms with Crippen molar-refractivity contribution in [2.45, 2.75) is 31.7 Å². The van der Waals surface area contributed by atoms with Crippen molar-refractivity contribution in [2.75, 3.05) is 7.05 Å². The Kier molecular flexibility index (Phi) is 3.20. The molecule has 0 aromatic heterocycles. The summed E-state index contributed by atoms with van der Waals surface area (Å²) in [4.78, 5) is 24.5. The van der Waals surface area contributed by atoms with Gasteiger partial charge in [-0.3, -0.25) is 14.9 Å². The van der Waals surface area contributed by atoms with Crippen LogP contribution in [0.1, 0.15) is 36.0 Å². The SMILES string of the molecule is CN(C(=O)c1ccc([N+](=O)[O-])cc1)C1C[C@@H]2CC[C@H]1C2. The van der Waals surface area contributed by atoms with E-state index in [1.54, 1.807) is 12.1 Å². The summed E-state index contributed by atoms with van der Waals surface area (Å²) >= 11 is 0. The van der Waals surface area contributed by atoms with Crippen molar-refractivity contribution in [3.05, 3.63) is 39.9 Å². The molecule has 0 heterocycles. The number of hydrogen-bond donors (Lipinski definition) is 0. The fourth-order valence-electron chi connectivity index (χ4n) is 3.77. The maximum absolute atomic E-state index is 12.4. The highest BCUT2D eigenvalue weighted by atomic mass is 16.6. The smallest absolute Gasteiger partial charge is 0.269 e. The molecule has 2 aliphatic carbocycles. The van der Waals surface area contributed by atoms with Crippen molar-refractivity contribution in [1.82, 2.24) is 4.90 Å². The van der Waals surface area contributed by atoms with Crippen molar-refractivity contribution in [3.8, 4) is 0 Å². The second kappa shape index (κ2) is 4.89. The van der Waals surface area contributed by atoms with E-state index < -0.39 is 4.92 Å². The molecule has 1 amide bonds. The Morgan fingerprint density at radius 1 is 1.25 bits per heavy atom. The molecule has 3 atom stereocenters. The number of non-ortho nitro benzene ring substituents is 1. The largest absolute Gasteiger partial charge is 0.338 e. The highest BCUT2D eigenvalue weighted by Crippen LogP contribution is 2.46. The zero-order chi connectivity index (χ0) is 14.3. The summed E-state index contributed by atoms with van der Waals surface area (Å²) in [6, 6.07) is 6.22.